The second kappa shape index (κ2) is 6.21. The molecule has 6 nitrogen and oxygen atoms in total. The Morgan fingerprint density at radius 3 is 2.60 bits per heavy atom. The highest BCUT2D eigenvalue weighted by Crippen LogP contribution is 2.22. The first-order valence-corrected chi connectivity index (χ1v) is 6.18. The molecule has 106 valence electrons. The molecule has 1 unspecified atom stereocenters. The fourth-order valence-electron chi connectivity index (χ4n) is 1.98. The second-order valence-electron chi connectivity index (χ2n) is 4.36. The Balaban J connectivity index is 2.20. The molecular weight excluding hydrogens is 258 g/mol. The third kappa shape index (κ3) is 2.80. The maximum atomic E-state index is 12.2. The predicted octanol–water partition coefficient (Wildman–Crippen LogP) is 1.22. The van der Waals surface area contributed by atoms with Crippen molar-refractivity contribution in [3.63, 3.8) is 0 Å². The summed E-state index contributed by atoms with van der Waals surface area (Å²) in [6, 6.07) is 8.43. The number of benzene rings is 1. The number of nitrogens with zero attached hydrogens (tertiary/aromatic N) is 2. The highest BCUT2D eigenvalue weighted by molar-refractivity contribution is 5.92. The molecule has 0 fully saturated rings. The Bertz CT molecular complexity index is 552. The zero-order valence-corrected chi connectivity index (χ0v) is 11.4. The minimum Gasteiger partial charge on any atom is -0.497 e. The van der Waals surface area contributed by atoms with Crippen molar-refractivity contribution in [3.8, 4) is 5.75 Å². The Kier molecular flexibility index (Phi) is 4.37. The van der Waals surface area contributed by atoms with Gasteiger partial charge in [-0.2, -0.15) is 5.10 Å². The Morgan fingerprint density at radius 1 is 1.40 bits per heavy atom. The highest BCUT2D eigenvalue weighted by Gasteiger charge is 2.22. The molecule has 0 aliphatic heterocycles. The van der Waals surface area contributed by atoms with Gasteiger partial charge in [0, 0.05) is 13.2 Å². The standard InChI is InChI=1S/C14H17N3O3/c1-17(14(19)12-7-8-15-16-12)13(9-18)10-3-5-11(20-2)6-4-10/h3-8,13,18H,9H2,1-2H3,(H,15,16). The smallest absolute Gasteiger partial charge is 0.272 e. The van der Waals surface area contributed by atoms with Crippen molar-refractivity contribution in [3.05, 3.63) is 47.8 Å². The zero-order chi connectivity index (χ0) is 14.5. The summed E-state index contributed by atoms with van der Waals surface area (Å²) < 4.78 is 5.09. The van der Waals surface area contributed by atoms with Crippen LogP contribution in [0.15, 0.2) is 36.5 Å². The number of likely N-dealkylation sites (N-methyl/N-ethyl adjacent to an activating group) is 1. The first-order chi connectivity index (χ1) is 9.67. The maximum absolute atomic E-state index is 12.2. The number of carbonyl (C=O) groups is 1. The number of H-pyrrole nitrogens is 1. The van der Waals surface area contributed by atoms with E-state index >= 15 is 0 Å². The van der Waals surface area contributed by atoms with E-state index in [-0.39, 0.29) is 12.5 Å². The Labute approximate surface area is 117 Å². The molecule has 0 aliphatic rings. The fourth-order valence-corrected chi connectivity index (χ4v) is 1.98. The normalized spacial score (nSPS) is 11.9. The van der Waals surface area contributed by atoms with Gasteiger partial charge in [-0.05, 0) is 23.8 Å². The van der Waals surface area contributed by atoms with E-state index in [0.717, 1.165) is 11.3 Å². The Morgan fingerprint density at radius 2 is 2.10 bits per heavy atom. The van der Waals surface area contributed by atoms with Crippen LogP contribution in [-0.4, -0.2) is 46.9 Å². The van der Waals surface area contributed by atoms with E-state index in [4.69, 9.17) is 4.74 Å². The van der Waals surface area contributed by atoms with Crippen LogP contribution in [-0.2, 0) is 0 Å². The number of amides is 1. The van der Waals surface area contributed by atoms with Crippen molar-refractivity contribution >= 4 is 5.91 Å². The topological polar surface area (TPSA) is 78.5 Å². The number of ether oxygens (including phenoxy) is 1. The van der Waals surface area contributed by atoms with Gasteiger partial charge in [-0.25, -0.2) is 0 Å². The molecule has 0 radical (unpaired) electrons. The van der Waals surface area contributed by atoms with Gasteiger partial charge < -0.3 is 14.7 Å². The lowest BCUT2D eigenvalue weighted by molar-refractivity contribution is 0.0652. The molecule has 1 heterocycles. The number of hydrogen-bond donors (Lipinski definition) is 2. The van der Waals surface area contributed by atoms with Gasteiger partial charge in [0.2, 0.25) is 0 Å². The summed E-state index contributed by atoms with van der Waals surface area (Å²) in [4.78, 5) is 13.7. The van der Waals surface area contributed by atoms with Crippen molar-refractivity contribution in [2.24, 2.45) is 0 Å². The van der Waals surface area contributed by atoms with E-state index in [1.165, 1.54) is 11.1 Å². The number of aromatic amines is 1. The zero-order valence-electron chi connectivity index (χ0n) is 11.4. The van der Waals surface area contributed by atoms with Crippen LogP contribution in [0.1, 0.15) is 22.1 Å². The van der Waals surface area contributed by atoms with Crippen molar-refractivity contribution in [2.75, 3.05) is 20.8 Å². The van der Waals surface area contributed by atoms with Crippen LogP contribution >= 0.6 is 0 Å². The van der Waals surface area contributed by atoms with Crippen molar-refractivity contribution in [1.29, 1.82) is 0 Å². The lowest BCUT2D eigenvalue weighted by Crippen LogP contribution is -2.33. The number of nitrogens with one attached hydrogen (secondary N) is 1. The van der Waals surface area contributed by atoms with E-state index in [9.17, 15) is 9.90 Å². The number of carbonyl (C=O) groups excluding carboxylic acids is 1. The van der Waals surface area contributed by atoms with Gasteiger partial charge in [-0.1, -0.05) is 12.1 Å². The molecule has 1 aromatic carbocycles. The molecule has 0 aliphatic carbocycles. The highest BCUT2D eigenvalue weighted by atomic mass is 16.5. The van der Waals surface area contributed by atoms with E-state index in [1.54, 1.807) is 32.4 Å². The van der Waals surface area contributed by atoms with Crippen LogP contribution < -0.4 is 4.74 Å². The van der Waals surface area contributed by atoms with Gasteiger partial charge in [-0.3, -0.25) is 9.89 Å². The van der Waals surface area contributed by atoms with Gasteiger partial charge >= 0.3 is 0 Å². The minimum atomic E-state index is -0.420. The summed E-state index contributed by atoms with van der Waals surface area (Å²) in [5.74, 6) is 0.505. The number of methoxy groups -OCH3 is 1. The molecule has 0 bridgehead atoms. The lowest BCUT2D eigenvalue weighted by atomic mass is 10.1. The average Bonchev–Trinajstić information content (AvgIpc) is 3.02. The number of hydrogen-bond acceptors (Lipinski definition) is 4. The number of aromatic nitrogens is 2. The summed E-state index contributed by atoms with van der Waals surface area (Å²) in [6.45, 7) is -0.164. The third-order valence-electron chi connectivity index (χ3n) is 3.19. The molecule has 2 rings (SSSR count). The molecular formula is C14H17N3O3. The first kappa shape index (κ1) is 14.1. The van der Waals surface area contributed by atoms with Crippen molar-refractivity contribution in [1.82, 2.24) is 15.1 Å². The summed E-state index contributed by atoms with van der Waals surface area (Å²) >= 11 is 0. The van der Waals surface area contributed by atoms with Crippen molar-refractivity contribution < 1.29 is 14.6 Å². The fraction of sp³-hybridized carbons (Fsp3) is 0.286. The van der Waals surface area contributed by atoms with Crippen LogP contribution in [0.3, 0.4) is 0 Å². The molecule has 20 heavy (non-hydrogen) atoms. The van der Waals surface area contributed by atoms with Gasteiger partial charge in [0.25, 0.3) is 5.91 Å². The molecule has 2 aromatic rings. The van der Waals surface area contributed by atoms with Crippen LogP contribution in [0.25, 0.3) is 0 Å². The van der Waals surface area contributed by atoms with E-state index in [1.807, 2.05) is 12.1 Å². The molecule has 1 atom stereocenters. The molecule has 0 saturated heterocycles. The SMILES string of the molecule is COc1ccc(C(CO)N(C)C(=O)c2ccn[nH]2)cc1. The van der Waals surface area contributed by atoms with E-state index in [2.05, 4.69) is 10.2 Å². The predicted molar refractivity (Wildman–Crippen MR) is 73.5 cm³/mol. The van der Waals surface area contributed by atoms with Gasteiger partial charge in [0.15, 0.2) is 0 Å². The largest absolute Gasteiger partial charge is 0.497 e. The third-order valence-corrected chi connectivity index (χ3v) is 3.19. The van der Waals surface area contributed by atoms with E-state index < -0.39 is 6.04 Å². The van der Waals surface area contributed by atoms with Gasteiger partial charge in [-0.15, -0.1) is 0 Å². The first-order valence-electron chi connectivity index (χ1n) is 6.18. The quantitative estimate of drug-likeness (QED) is 0.860. The lowest BCUT2D eigenvalue weighted by Gasteiger charge is -2.26. The van der Waals surface area contributed by atoms with Gasteiger partial charge in [0.1, 0.15) is 11.4 Å². The second-order valence-corrected chi connectivity index (χ2v) is 4.36. The number of aliphatic hydroxyl groups is 1. The summed E-state index contributed by atoms with van der Waals surface area (Å²) in [5.41, 5.74) is 1.23. The van der Waals surface area contributed by atoms with Crippen molar-refractivity contribution in [2.45, 2.75) is 6.04 Å². The molecule has 0 saturated carbocycles. The molecule has 1 amide bonds. The average molecular weight is 275 g/mol. The number of aliphatic hydroxyl groups excluding tert-OH is 1. The molecule has 0 spiro atoms. The molecule has 2 N–H and O–H groups in total. The van der Waals surface area contributed by atoms with E-state index in [0.29, 0.717) is 5.69 Å². The Hall–Kier alpha value is -2.34. The monoisotopic (exact) mass is 275 g/mol. The number of rotatable bonds is 5. The summed E-state index contributed by atoms with van der Waals surface area (Å²) in [5, 5.41) is 16.0. The molecule has 6 heteroatoms. The summed E-state index contributed by atoms with van der Waals surface area (Å²) in [6.07, 6.45) is 1.52. The van der Waals surface area contributed by atoms with Crippen LogP contribution in [0, 0.1) is 0 Å². The molecule has 1 aromatic heterocycles. The van der Waals surface area contributed by atoms with Gasteiger partial charge in [0.05, 0.1) is 19.8 Å². The van der Waals surface area contributed by atoms with Crippen LogP contribution in [0.5, 0.6) is 5.75 Å². The summed E-state index contributed by atoms with van der Waals surface area (Å²) in [7, 11) is 3.24. The van der Waals surface area contributed by atoms with Crippen LogP contribution in [0.2, 0.25) is 0 Å². The minimum absolute atomic E-state index is 0.164. The maximum Gasteiger partial charge on any atom is 0.272 e. The van der Waals surface area contributed by atoms with Crippen LogP contribution in [0.4, 0.5) is 0 Å².